The van der Waals surface area contributed by atoms with Gasteiger partial charge in [0.05, 0.1) is 5.69 Å². The van der Waals surface area contributed by atoms with Crippen molar-refractivity contribution in [2.45, 2.75) is 26.2 Å². The van der Waals surface area contributed by atoms with Gasteiger partial charge in [0.15, 0.2) is 0 Å². The Hall–Kier alpha value is -3.45. The molecular formula is C29H25N. The summed E-state index contributed by atoms with van der Waals surface area (Å²) in [5.74, 6) is 0. The van der Waals surface area contributed by atoms with Crippen molar-refractivity contribution < 1.29 is 0 Å². The lowest BCUT2D eigenvalue weighted by Gasteiger charge is -2.20. The number of fused-ring (bicyclic) bond motifs is 3. The normalized spacial score (nSPS) is 11.8. The molecule has 0 unspecified atom stereocenters. The van der Waals surface area contributed by atoms with E-state index in [1.807, 2.05) is 6.20 Å². The second kappa shape index (κ2) is 7.11. The van der Waals surface area contributed by atoms with Gasteiger partial charge in [0.25, 0.3) is 0 Å². The van der Waals surface area contributed by atoms with Crippen LogP contribution in [-0.2, 0) is 5.41 Å². The molecule has 0 aliphatic rings. The molecule has 1 heteroatoms. The van der Waals surface area contributed by atoms with Crippen molar-refractivity contribution >= 4 is 21.5 Å². The minimum atomic E-state index is 0.144. The van der Waals surface area contributed by atoms with E-state index in [4.69, 9.17) is 4.98 Å². The van der Waals surface area contributed by atoms with E-state index in [1.54, 1.807) is 0 Å². The van der Waals surface area contributed by atoms with Gasteiger partial charge in [-0.2, -0.15) is 0 Å². The highest BCUT2D eigenvalue weighted by Gasteiger charge is 2.14. The van der Waals surface area contributed by atoms with Crippen LogP contribution in [0.1, 0.15) is 26.3 Å². The molecule has 5 aromatic rings. The maximum absolute atomic E-state index is 4.73. The van der Waals surface area contributed by atoms with Crippen LogP contribution in [0, 0.1) is 0 Å². The van der Waals surface area contributed by atoms with Crippen molar-refractivity contribution in [1.29, 1.82) is 0 Å². The Morgan fingerprint density at radius 1 is 0.567 bits per heavy atom. The summed E-state index contributed by atoms with van der Waals surface area (Å²) in [6, 6.07) is 32.7. The number of hydrogen-bond acceptors (Lipinski definition) is 1. The molecule has 0 spiro atoms. The van der Waals surface area contributed by atoms with E-state index in [1.165, 1.54) is 38.2 Å². The highest BCUT2D eigenvalue weighted by atomic mass is 14.7. The van der Waals surface area contributed by atoms with Gasteiger partial charge in [-0.1, -0.05) is 106 Å². The van der Waals surface area contributed by atoms with Crippen molar-refractivity contribution in [1.82, 2.24) is 4.98 Å². The zero-order chi connectivity index (χ0) is 20.7. The lowest BCUT2D eigenvalue weighted by molar-refractivity contribution is 0.590. The Bertz CT molecular complexity index is 1360. The molecule has 0 amide bonds. The Balaban J connectivity index is 1.58. The topological polar surface area (TPSA) is 12.9 Å². The smallest absolute Gasteiger partial charge is 0.0780 e. The highest BCUT2D eigenvalue weighted by molar-refractivity contribution is 6.11. The summed E-state index contributed by atoms with van der Waals surface area (Å²) in [6.07, 6.45) is 1.92. The molecule has 1 heterocycles. The van der Waals surface area contributed by atoms with Crippen LogP contribution < -0.4 is 0 Å². The summed E-state index contributed by atoms with van der Waals surface area (Å²) < 4.78 is 0. The molecule has 30 heavy (non-hydrogen) atoms. The van der Waals surface area contributed by atoms with E-state index in [2.05, 4.69) is 112 Å². The van der Waals surface area contributed by atoms with Gasteiger partial charge >= 0.3 is 0 Å². The quantitative estimate of drug-likeness (QED) is 0.279. The summed E-state index contributed by atoms with van der Waals surface area (Å²) in [5, 5.41) is 4.98. The van der Waals surface area contributed by atoms with E-state index in [9.17, 15) is 0 Å². The first kappa shape index (κ1) is 18.6. The molecule has 5 rings (SSSR count). The van der Waals surface area contributed by atoms with Crippen molar-refractivity contribution in [3.8, 4) is 22.4 Å². The molecule has 1 aromatic heterocycles. The molecule has 0 aliphatic carbocycles. The minimum Gasteiger partial charge on any atom is -0.256 e. The largest absolute Gasteiger partial charge is 0.256 e. The number of nitrogens with zero attached hydrogens (tertiary/aromatic N) is 1. The van der Waals surface area contributed by atoms with E-state index in [-0.39, 0.29) is 5.41 Å². The molecule has 146 valence electrons. The Morgan fingerprint density at radius 2 is 1.33 bits per heavy atom. The number of hydrogen-bond donors (Lipinski definition) is 0. The summed E-state index contributed by atoms with van der Waals surface area (Å²) in [5.41, 5.74) is 6.17. The van der Waals surface area contributed by atoms with Gasteiger partial charge in [-0.05, 0) is 44.3 Å². The van der Waals surface area contributed by atoms with Crippen LogP contribution in [0.2, 0.25) is 0 Å². The number of benzene rings is 4. The zero-order valence-electron chi connectivity index (χ0n) is 17.7. The molecule has 0 saturated carbocycles. The summed E-state index contributed by atoms with van der Waals surface area (Å²) in [6.45, 7) is 6.77. The van der Waals surface area contributed by atoms with Crippen molar-refractivity contribution in [2.75, 3.05) is 0 Å². The molecule has 0 fully saturated rings. The summed E-state index contributed by atoms with van der Waals surface area (Å²) in [4.78, 5) is 4.73. The first-order valence-corrected chi connectivity index (χ1v) is 10.5. The minimum absolute atomic E-state index is 0.144. The lowest BCUT2D eigenvalue weighted by atomic mass is 9.85. The average Bonchev–Trinajstić information content (AvgIpc) is 2.78. The van der Waals surface area contributed by atoms with Crippen molar-refractivity contribution in [2.24, 2.45) is 0 Å². The fourth-order valence-electron chi connectivity index (χ4n) is 4.15. The van der Waals surface area contributed by atoms with Gasteiger partial charge < -0.3 is 0 Å². The monoisotopic (exact) mass is 387 g/mol. The maximum Gasteiger partial charge on any atom is 0.0780 e. The van der Waals surface area contributed by atoms with Gasteiger partial charge in [-0.3, -0.25) is 4.98 Å². The van der Waals surface area contributed by atoms with Gasteiger partial charge in [0, 0.05) is 17.1 Å². The second-order valence-corrected chi connectivity index (χ2v) is 8.95. The van der Waals surface area contributed by atoms with Crippen LogP contribution in [0.5, 0.6) is 0 Å². The maximum atomic E-state index is 4.73. The van der Waals surface area contributed by atoms with Crippen LogP contribution in [0.15, 0.2) is 97.2 Å². The third kappa shape index (κ3) is 3.27. The standard InChI is InChI=1S/C29H25N/c1-29(2,3)24-9-6-8-23(19-24)20-11-13-22(14-12-20)28-27-16-15-21-7-4-5-10-25(21)26(27)17-18-30-28/h4-19H,1-3H3. The number of aromatic nitrogens is 1. The van der Waals surface area contributed by atoms with Gasteiger partial charge in [0.2, 0.25) is 0 Å². The first-order chi connectivity index (χ1) is 14.5. The molecule has 4 aromatic carbocycles. The molecule has 0 saturated heterocycles. The average molecular weight is 388 g/mol. The first-order valence-electron chi connectivity index (χ1n) is 10.5. The predicted molar refractivity (Wildman–Crippen MR) is 129 cm³/mol. The molecule has 1 nitrogen and oxygen atoms in total. The number of pyridine rings is 1. The summed E-state index contributed by atoms with van der Waals surface area (Å²) in [7, 11) is 0. The molecule has 0 bridgehead atoms. The zero-order valence-corrected chi connectivity index (χ0v) is 17.7. The highest BCUT2D eigenvalue weighted by Crippen LogP contribution is 2.33. The molecule has 0 N–H and O–H groups in total. The third-order valence-corrected chi connectivity index (χ3v) is 5.89. The van der Waals surface area contributed by atoms with Gasteiger partial charge in [0.1, 0.15) is 0 Å². The Kier molecular flexibility index (Phi) is 4.40. The van der Waals surface area contributed by atoms with Crippen LogP contribution in [0.4, 0.5) is 0 Å². The fraction of sp³-hybridized carbons (Fsp3) is 0.138. The Morgan fingerprint density at radius 3 is 2.13 bits per heavy atom. The summed E-state index contributed by atoms with van der Waals surface area (Å²) >= 11 is 0. The number of rotatable bonds is 2. The SMILES string of the molecule is CC(C)(C)c1cccc(-c2ccc(-c3nccc4c3ccc3ccccc34)cc2)c1. The Labute approximate surface area is 178 Å². The second-order valence-electron chi connectivity index (χ2n) is 8.95. The van der Waals surface area contributed by atoms with Crippen LogP contribution in [0.3, 0.4) is 0 Å². The fourth-order valence-corrected chi connectivity index (χ4v) is 4.15. The van der Waals surface area contributed by atoms with Crippen LogP contribution in [-0.4, -0.2) is 4.98 Å². The molecule has 0 radical (unpaired) electrons. The van der Waals surface area contributed by atoms with E-state index >= 15 is 0 Å². The van der Waals surface area contributed by atoms with Gasteiger partial charge in [-0.25, -0.2) is 0 Å². The van der Waals surface area contributed by atoms with Crippen LogP contribution in [0.25, 0.3) is 43.9 Å². The van der Waals surface area contributed by atoms with Gasteiger partial charge in [-0.15, -0.1) is 0 Å². The van der Waals surface area contributed by atoms with E-state index in [0.717, 1.165) is 11.3 Å². The molecule has 0 aliphatic heterocycles. The van der Waals surface area contributed by atoms with Crippen molar-refractivity contribution in [3.05, 3.63) is 103 Å². The van der Waals surface area contributed by atoms with Crippen molar-refractivity contribution in [3.63, 3.8) is 0 Å². The van der Waals surface area contributed by atoms with Crippen LogP contribution >= 0.6 is 0 Å². The lowest BCUT2D eigenvalue weighted by Crippen LogP contribution is -2.10. The third-order valence-electron chi connectivity index (χ3n) is 5.89. The molecular weight excluding hydrogens is 362 g/mol. The predicted octanol–water partition coefficient (Wildman–Crippen LogP) is 8.02. The van der Waals surface area contributed by atoms with E-state index in [0.29, 0.717) is 0 Å². The molecule has 0 atom stereocenters. The van der Waals surface area contributed by atoms with E-state index < -0.39 is 0 Å².